The number of nitro groups is 1. The molecule has 1 aliphatic rings. The van der Waals surface area contributed by atoms with Crippen molar-refractivity contribution < 1.29 is 22.9 Å². The SMILES string of the molecule is CC1CN(S(=O)(=O)CCNC(=O)c2ccc([N+](=O)[O-])s2)CC(C)O1. The lowest BCUT2D eigenvalue weighted by molar-refractivity contribution is -0.380. The van der Waals surface area contributed by atoms with Crippen molar-refractivity contribution in [2.24, 2.45) is 0 Å². The fourth-order valence-electron chi connectivity index (χ4n) is 2.42. The monoisotopic (exact) mass is 377 g/mol. The van der Waals surface area contributed by atoms with Gasteiger partial charge < -0.3 is 10.1 Å². The van der Waals surface area contributed by atoms with Crippen LogP contribution in [0.3, 0.4) is 0 Å². The van der Waals surface area contributed by atoms with E-state index in [1.807, 2.05) is 13.8 Å². The van der Waals surface area contributed by atoms with Crippen LogP contribution in [-0.4, -0.2) is 61.1 Å². The summed E-state index contributed by atoms with van der Waals surface area (Å²) in [5.41, 5.74) is 0. The van der Waals surface area contributed by atoms with E-state index in [9.17, 15) is 23.3 Å². The fourth-order valence-corrected chi connectivity index (χ4v) is 4.64. The molecule has 2 heterocycles. The van der Waals surface area contributed by atoms with E-state index >= 15 is 0 Å². The fraction of sp³-hybridized carbons (Fsp3) is 0.615. The molecule has 9 nitrogen and oxygen atoms in total. The minimum absolute atomic E-state index is 0.0625. The van der Waals surface area contributed by atoms with Crippen LogP contribution in [0.4, 0.5) is 5.00 Å². The molecule has 24 heavy (non-hydrogen) atoms. The average Bonchev–Trinajstić information content (AvgIpc) is 2.96. The topological polar surface area (TPSA) is 119 Å². The molecule has 2 rings (SSSR count). The van der Waals surface area contributed by atoms with Gasteiger partial charge in [-0.3, -0.25) is 14.9 Å². The Hall–Kier alpha value is -1.56. The van der Waals surface area contributed by atoms with Crippen LogP contribution in [0.2, 0.25) is 0 Å². The molecule has 1 aliphatic heterocycles. The smallest absolute Gasteiger partial charge is 0.324 e. The van der Waals surface area contributed by atoms with Crippen LogP contribution < -0.4 is 5.32 Å². The van der Waals surface area contributed by atoms with Crippen molar-refractivity contribution in [3.8, 4) is 0 Å². The van der Waals surface area contributed by atoms with E-state index in [1.165, 1.54) is 16.4 Å². The van der Waals surface area contributed by atoms with Crippen LogP contribution in [0.5, 0.6) is 0 Å². The predicted octanol–water partition coefficient (Wildman–Crippen LogP) is 0.825. The predicted molar refractivity (Wildman–Crippen MR) is 88.7 cm³/mol. The van der Waals surface area contributed by atoms with E-state index in [1.54, 1.807) is 0 Å². The van der Waals surface area contributed by atoms with Crippen LogP contribution in [-0.2, 0) is 14.8 Å². The molecule has 11 heteroatoms. The molecule has 1 saturated heterocycles. The Morgan fingerprint density at radius 2 is 2.04 bits per heavy atom. The first-order valence-corrected chi connectivity index (χ1v) is 9.77. The van der Waals surface area contributed by atoms with Gasteiger partial charge in [0.2, 0.25) is 10.0 Å². The number of hydrogen-bond donors (Lipinski definition) is 1. The molecule has 0 spiro atoms. The highest BCUT2D eigenvalue weighted by Crippen LogP contribution is 2.23. The van der Waals surface area contributed by atoms with Crippen molar-refractivity contribution in [1.82, 2.24) is 9.62 Å². The molecule has 0 radical (unpaired) electrons. The van der Waals surface area contributed by atoms with E-state index in [0.29, 0.717) is 0 Å². The minimum atomic E-state index is -3.50. The summed E-state index contributed by atoms with van der Waals surface area (Å²) in [6, 6.07) is 2.59. The Kier molecular flexibility index (Phi) is 5.91. The van der Waals surface area contributed by atoms with Gasteiger partial charge in [0.1, 0.15) is 0 Å². The zero-order chi connectivity index (χ0) is 17.9. The quantitative estimate of drug-likeness (QED) is 0.579. The van der Waals surface area contributed by atoms with Crippen molar-refractivity contribution >= 4 is 32.3 Å². The number of carbonyl (C=O) groups excluding carboxylic acids is 1. The highest BCUT2D eigenvalue weighted by molar-refractivity contribution is 7.89. The van der Waals surface area contributed by atoms with Crippen molar-refractivity contribution in [1.29, 1.82) is 0 Å². The Labute approximate surface area is 143 Å². The van der Waals surface area contributed by atoms with Gasteiger partial charge in [-0.2, -0.15) is 4.31 Å². The molecule has 134 valence electrons. The summed E-state index contributed by atoms with van der Waals surface area (Å²) in [7, 11) is -3.50. The van der Waals surface area contributed by atoms with Crippen LogP contribution in [0, 0.1) is 10.1 Å². The maximum atomic E-state index is 12.3. The maximum absolute atomic E-state index is 12.3. The molecule has 1 amide bonds. The van der Waals surface area contributed by atoms with Crippen LogP contribution in [0.1, 0.15) is 23.5 Å². The number of amides is 1. The molecule has 0 saturated carbocycles. The molecule has 0 bridgehead atoms. The van der Waals surface area contributed by atoms with E-state index in [2.05, 4.69) is 5.32 Å². The van der Waals surface area contributed by atoms with E-state index in [0.717, 1.165) is 11.3 Å². The van der Waals surface area contributed by atoms with Gasteiger partial charge in [0.25, 0.3) is 5.91 Å². The highest BCUT2D eigenvalue weighted by Gasteiger charge is 2.30. The van der Waals surface area contributed by atoms with E-state index < -0.39 is 20.9 Å². The number of thiophene rings is 1. The zero-order valence-corrected chi connectivity index (χ0v) is 14.9. The third kappa shape index (κ3) is 4.72. The Bertz CT molecular complexity index is 707. The van der Waals surface area contributed by atoms with Gasteiger partial charge in [0, 0.05) is 25.7 Å². The summed E-state index contributed by atoms with van der Waals surface area (Å²) in [5, 5.41) is 12.9. The Morgan fingerprint density at radius 1 is 1.42 bits per heavy atom. The summed E-state index contributed by atoms with van der Waals surface area (Å²) in [6.07, 6.45) is -0.352. The number of morpholine rings is 1. The zero-order valence-electron chi connectivity index (χ0n) is 13.3. The molecule has 2 atom stereocenters. The normalized spacial score (nSPS) is 22.2. The third-order valence-corrected chi connectivity index (χ3v) is 6.26. The average molecular weight is 377 g/mol. The van der Waals surface area contributed by atoms with Crippen LogP contribution in [0.15, 0.2) is 12.1 Å². The Balaban J connectivity index is 1.88. The Morgan fingerprint density at radius 3 is 2.58 bits per heavy atom. The van der Waals surface area contributed by atoms with Crippen molar-refractivity contribution in [2.75, 3.05) is 25.4 Å². The molecule has 0 aliphatic carbocycles. The maximum Gasteiger partial charge on any atom is 0.324 e. The van der Waals surface area contributed by atoms with Gasteiger partial charge in [-0.25, -0.2) is 8.42 Å². The molecular formula is C13H19N3O6S2. The molecule has 1 N–H and O–H groups in total. The second-order valence-electron chi connectivity index (χ2n) is 5.54. The summed E-state index contributed by atoms with van der Waals surface area (Å²) >= 11 is 0.748. The van der Waals surface area contributed by atoms with Gasteiger partial charge in [-0.15, -0.1) is 0 Å². The number of sulfonamides is 1. The van der Waals surface area contributed by atoms with Gasteiger partial charge in [0.05, 0.1) is 27.8 Å². The van der Waals surface area contributed by atoms with E-state index in [-0.39, 0.29) is 47.5 Å². The number of nitrogens with one attached hydrogen (secondary N) is 1. The van der Waals surface area contributed by atoms with Crippen molar-refractivity contribution in [2.45, 2.75) is 26.1 Å². The summed E-state index contributed by atoms with van der Waals surface area (Å²) in [4.78, 5) is 22.1. The lowest BCUT2D eigenvalue weighted by Gasteiger charge is -2.34. The van der Waals surface area contributed by atoms with Crippen molar-refractivity contribution in [3.05, 3.63) is 27.1 Å². The number of rotatable bonds is 6. The highest BCUT2D eigenvalue weighted by atomic mass is 32.2. The lowest BCUT2D eigenvalue weighted by atomic mass is 10.3. The van der Waals surface area contributed by atoms with Gasteiger partial charge in [-0.05, 0) is 19.9 Å². The molecule has 1 aromatic heterocycles. The van der Waals surface area contributed by atoms with Crippen LogP contribution >= 0.6 is 11.3 Å². The van der Waals surface area contributed by atoms with Gasteiger partial charge in [-0.1, -0.05) is 11.3 Å². The van der Waals surface area contributed by atoms with Gasteiger partial charge >= 0.3 is 5.00 Å². The standard InChI is InChI=1S/C13H19N3O6S2/c1-9-7-15(8-10(2)22-9)24(20,21)6-5-14-13(17)11-3-4-12(23-11)16(18)19/h3-4,9-10H,5-8H2,1-2H3,(H,14,17). The molecule has 2 unspecified atom stereocenters. The van der Waals surface area contributed by atoms with E-state index in [4.69, 9.17) is 4.74 Å². The second kappa shape index (κ2) is 7.55. The first-order valence-electron chi connectivity index (χ1n) is 7.35. The summed E-state index contributed by atoms with van der Waals surface area (Å²) in [5.74, 6) is -0.752. The summed E-state index contributed by atoms with van der Waals surface area (Å²) < 4.78 is 31.5. The van der Waals surface area contributed by atoms with Crippen LogP contribution in [0.25, 0.3) is 0 Å². The molecule has 1 aromatic rings. The largest absolute Gasteiger partial charge is 0.373 e. The lowest BCUT2D eigenvalue weighted by Crippen LogP contribution is -2.49. The number of ether oxygens (including phenoxy) is 1. The van der Waals surface area contributed by atoms with Crippen molar-refractivity contribution in [3.63, 3.8) is 0 Å². The first kappa shape index (κ1) is 18.8. The minimum Gasteiger partial charge on any atom is -0.373 e. The molecule has 1 fully saturated rings. The number of hydrogen-bond acceptors (Lipinski definition) is 7. The first-order chi connectivity index (χ1) is 11.2. The van der Waals surface area contributed by atoms with Gasteiger partial charge in [0.15, 0.2) is 0 Å². The summed E-state index contributed by atoms with van der Waals surface area (Å²) in [6.45, 7) is 4.13. The second-order valence-corrected chi connectivity index (χ2v) is 8.69. The third-order valence-electron chi connectivity index (χ3n) is 3.42. The molecular weight excluding hydrogens is 358 g/mol. The number of carbonyl (C=O) groups is 1. The molecule has 0 aromatic carbocycles. The number of nitrogens with zero attached hydrogens (tertiary/aromatic N) is 2.